The number of rotatable bonds is 6. The van der Waals surface area contributed by atoms with Crippen LogP contribution in [0.3, 0.4) is 0 Å². The van der Waals surface area contributed by atoms with Gasteiger partial charge in [-0.05, 0) is 69.9 Å². The molecule has 1 aromatic carbocycles. The number of hydrogen-bond donors (Lipinski definition) is 0. The summed E-state index contributed by atoms with van der Waals surface area (Å²) in [5.41, 5.74) is 5.02. The highest BCUT2D eigenvalue weighted by Gasteiger charge is 2.25. The average molecular weight is 424 g/mol. The van der Waals surface area contributed by atoms with Crippen LogP contribution in [-0.4, -0.2) is 40.0 Å². The van der Waals surface area contributed by atoms with Crippen LogP contribution in [0.4, 0.5) is 0 Å². The van der Waals surface area contributed by atoms with Crippen molar-refractivity contribution in [2.24, 2.45) is 7.05 Å². The Labute approximate surface area is 183 Å². The zero-order chi connectivity index (χ0) is 22.1. The van der Waals surface area contributed by atoms with Gasteiger partial charge in [-0.1, -0.05) is 6.07 Å². The first-order chi connectivity index (χ1) is 14.8. The highest BCUT2D eigenvalue weighted by molar-refractivity contribution is 5.83. The topological polar surface area (TPSA) is 58.3 Å². The van der Waals surface area contributed by atoms with Gasteiger partial charge in [0.2, 0.25) is 0 Å². The van der Waals surface area contributed by atoms with E-state index in [0.29, 0.717) is 12.5 Å². The van der Waals surface area contributed by atoms with Gasteiger partial charge in [-0.25, -0.2) is 4.98 Å². The molecule has 0 bridgehead atoms. The van der Waals surface area contributed by atoms with Gasteiger partial charge in [-0.15, -0.1) is 0 Å². The fraction of sp³-hybridized carbons (Fsp3) is 0.520. The van der Waals surface area contributed by atoms with Crippen LogP contribution < -0.4 is 5.56 Å². The van der Waals surface area contributed by atoms with Gasteiger partial charge in [-0.2, -0.15) is 0 Å². The average Bonchev–Trinajstić information content (AvgIpc) is 3.15. The lowest BCUT2D eigenvalue weighted by molar-refractivity contribution is 0.0558. The van der Waals surface area contributed by atoms with E-state index in [0.717, 1.165) is 59.6 Å². The lowest BCUT2D eigenvalue weighted by atomic mass is 9.99. The third-order valence-corrected chi connectivity index (χ3v) is 6.11. The van der Waals surface area contributed by atoms with E-state index >= 15 is 0 Å². The van der Waals surface area contributed by atoms with Gasteiger partial charge < -0.3 is 18.6 Å². The highest BCUT2D eigenvalue weighted by Crippen LogP contribution is 2.34. The second kappa shape index (κ2) is 8.97. The minimum atomic E-state index is 0.0381. The molecule has 1 aliphatic rings. The molecule has 0 unspecified atom stereocenters. The lowest BCUT2D eigenvalue weighted by Crippen LogP contribution is -2.22. The van der Waals surface area contributed by atoms with E-state index in [-0.39, 0.29) is 17.7 Å². The summed E-state index contributed by atoms with van der Waals surface area (Å²) in [6, 6.07) is 8.54. The summed E-state index contributed by atoms with van der Waals surface area (Å²) in [6.45, 7) is 10.4. The number of fused-ring (bicyclic) bond motifs is 1. The minimum absolute atomic E-state index is 0.0381. The van der Waals surface area contributed by atoms with Crippen molar-refractivity contribution in [1.29, 1.82) is 0 Å². The maximum absolute atomic E-state index is 12.1. The number of aryl methyl sites for hydroxylation is 2. The van der Waals surface area contributed by atoms with E-state index < -0.39 is 0 Å². The monoisotopic (exact) mass is 423 g/mol. The second-order valence-electron chi connectivity index (χ2n) is 8.99. The molecule has 4 rings (SSSR count). The number of pyridine rings is 1. The van der Waals surface area contributed by atoms with Gasteiger partial charge in [0.15, 0.2) is 0 Å². The minimum Gasteiger partial charge on any atom is -0.381 e. The summed E-state index contributed by atoms with van der Waals surface area (Å²) in [5, 5.41) is 0. The fourth-order valence-electron chi connectivity index (χ4n) is 4.44. The lowest BCUT2D eigenvalue weighted by Gasteiger charge is -2.26. The molecule has 2 aromatic heterocycles. The molecule has 3 aromatic rings. The van der Waals surface area contributed by atoms with E-state index in [9.17, 15) is 4.79 Å². The van der Waals surface area contributed by atoms with Crippen LogP contribution in [0.15, 0.2) is 35.3 Å². The molecule has 0 N–H and O–H groups in total. The van der Waals surface area contributed by atoms with Crippen molar-refractivity contribution >= 4 is 11.0 Å². The predicted molar refractivity (Wildman–Crippen MR) is 124 cm³/mol. The van der Waals surface area contributed by atoms with Crippen LogP contribution in [0.1, 0.15) is 57.0 Å². The Morgan fingerprint density at radius 3 is 2.58 bits per heavy atom. The van der Waals surface area contributed by atoms with E-state index in [2.05, 4.69) is 43.5 Å². The number of hydrogen-bond acceptors (Lipinski definition) is 4. The van der Waals surface area contributed by atoms with Crippen molar-refractivity contribution in [2.45, 2.75) is 58.6 Å². The van der Waals surface area contributed by atoms with Gasteiger partial charge in [0, 0.05) is 37.9 Å². The fourth-order valence-corrected chi connectivity index (χ4v) is 4.44. The second-order valence-corrected chi connectivity index (χ2v) is 8.99. The van der Waals surface area contributed by atoms with E-state index in [4.69, 9.17) is 14.5 Å². The SMILES string of the molecule is Cc1cc(-c2ccc3nc(C4CCOCC4)n([C@@H](C)COC(C)C)c3c2)cn(C)c1=O. The molecule has 1 fully saturated rings. The third-order valence-electron chi connectivity index (χ3n) is 6.11. The maximum atomic E-state index is 12.1. The highest BCUT2D eigenvalue weighted by atomic mass is 16.5. The smallest absolute Gasteiger partial charge is 0.253 e. The number of aromatic nitrogens is 3. The van der Waals surface area contributed by atoms with Crippen LogP contribution >= 0.6 is 0 Å². The normalized spacial score (nSPS) is 16.3. The molecule has 1 aliphatic heterocycles. The molecule has 1 saturated heterocycles. The van der Waals surface area contributed by atoms with E-state index in [1.807, 2.05) is 19.2 Å². The standard InChI is InChI=1S/C25H33N3O3/c1-16(2)31-15-18(4)28-23-13-20(21-12-17(3)25(29)27(5)14-21)6-7-22(23)26-24(28)19-8-10-30-11-9-19/h6-7,12-14,16,18-19H,8-11,15H2,1-5H3/t18-/m0/s1. The first kappa shape index (κ1) is 21.8. The quantitative estimate of drug-likeness (QED) is 0.582. The summed E-state index contributed by atoms with van der Waals surface area (Å²) in [7, 11) is 1.80. The van der Waals surface area contributed by atoms with Crippen molar-refractivity contribution in [2.75, 3.05) is 19.8 Å². The van der Waals surface area contributed by atoms with Gasteiger partial charge in [0.1, 0.15) is 5.82 Å². The first-order valence-electron chi connectivity index (χ1n) is 11.2. The Morgan fingerprint density at radius 2 is 1.90 bits per heavy atom. The molecule has 6 nitrogen and oxygen atoms in total. The first-order valence-corrected chi connectivity index (χ1v) is 11.2. The molecule has 1 atom stereocenters. The van der Waals surface area contributed by atoms with Crippen LogP contribution in [0, 0.1) is 6.92 Å². The summed E-state index contributed by atoms with van der Waals surface area (Å²) >= 11 is 0. The van der Waals surface area contributed by atoms with Gasteiger partial charge >= 0.3 is 0 Å². The molecule has 3 heterocycles. The van der Waals surface area contributed by atoms with Crippen LogP contribution in [0.25, 0.3) is 22.2 Å². The molecule has 0 radical (unpaired) electrons. The van der Waals surface area contributed by atoms with E-state index in [1.165, 1.54) is 0 Å². The summed E-state index contributed by atoms with van der Waals surface area (Å²) < 4.78 is 15.6. The molecule has 0 saturated carbocycles. The van der Waals surface area contributed by atoms with E-state index in [1.54, 1.807) is 11.6 Å². The number of ether oxygens (including phenoxy) is 2. The zero-order valence-corrected chi connectivity index (χ0v) is 19.2. The zero-order valence-electron chi connectivity index (χ0n) is 19.2. The number of imidazole rings is 1. The Morgan fingerprint density at radius 1 is 1.16 bits per heavy atom. The van der Waals surface area contributed by atoms with Gasteiger partial charge in [-0.3, -0.25) is 4.79 Å². The van der Waals surface area contributed by atoms with Crippen LogP contribution in [0.2, 0.25) is 0 Å². The van der Waals surface area contributed by atoms with Crippen molar-refractivity contribution in [3.8, 4) is 11.1 Å². The summed E-state index contributed by atoms with van der Waals surface area (Å²) in [6.07, 6.45) is 4.08. The molecule has 6 heteroatoms. The van der Waals surface area contributed by atoms with Crippen molar-refractivity contribution in [3.63, 3.8) is 0 Å². The molecular formula is C25H33N3O3. The molecule has 0 aliphatic carbocycles. The maximum Gasteiger partial charge on any atom is 0.253 e. The van der Waals surface area contributed by atoms with Crippen molar-refractivity contribution in [3.05, 3.63) is 52.2 Å². The Balaban J connectivity index is 1.83. The summed E-state index contributed by atoms with van der Waals surface area (Å²) in [5.74, 6) is 1.53. The molecule has 31 heavy (non-hydrogen) atoms. The molecule has 0 spiro atoms. The Kier molecular flexibility index (Phi) is 6.30. The molecule has 166 valence electrons. The van der Waals surface area contributed by atoms with Crippen molar-refractivity contribution < 1.29 is 9.47 Å². The van der Waals surface area contributed by atoms with Crippen LogP contribution in [-0.2, 0) is 16.5 Å². The third kappa shape index (κ3) is 4.46. The Hall–Kier alpha value is -2.44. The molecular weight excluding hydrogens is 390 g/mol. The van der Waals surface area contributed by atoms with Crippen molar-refractivity contribution in [1.82, 2.24) is 14.1 Å². The summed E-state index contributed by atoms with van der Waals surface area (Å²) in [4.78, 5) is 17.2. The van der Waals surface area contributed by atoms with Gasteiger partial charge in [0.05, 0.1) is 29.8 Å². The number of nitrogens with zero attached hydrogens (tertiary/aromatic N) is 3. The predicted octanol–water partition coefficient (Wildman–Crippen LogP) is 4.59. The molecule has 0 amide bonds. The van der Waals surface area contributed by atoms with Gasteiger partial charge in [0.25, 0.3) is 5.56 Å². The largest absolute Gasteiger partial charge is 0.381 e. The number of benzene rings is 1. The Bertz CT molecular complexity index is 1100. The van der Waals surface area contributed by atoms with Crippen LogP contribution in [0.5, 0.6) is 0 Å².